The molecule has 170 valence electrons. The van der Waals surface area contributed by atoms with E-state index in [-0.39, 0.29) is 11.4 Å². The second-order valence-electron chi connectivity index (χ2n) is 8.50. The Balaban J connectivity index is 1.70. The highest BCUT2D eigenvalue weighted by Gasteiger charge is 2.38. The minimum Gasteiger partial charge on any atom is -0.481 e. The molecule has 2 aliphatic heterocycles. The van der Waals surface area contributed by atoms with Crippen molar-refractivity contribution < 1.29 is 19.0 Å². The highest BCUT2D eigenvalue weighted by molar-refractivity contribution is 6.32. The first-order chi connectivity index (χ1) is 15.9. The lowest BCUT2D eigenvalue weighted by molar-refractivity contribution is -0.137. The van der Waals surface area contributed by atoms with Gasteiger partial charge in [0.2, 0.25) is 0 Å². The van der Waals surface area contributed by atoms with Crippen LogP contribution in [-0.4, -0.2) is 24.2 Å². The number of hydrogen-bond donors (Lipinski definition) is 1. The summed E-state index contributed by atoms with van der Waals surface area (Å²) in [4.78, 5) is 14.2. The number of hydrogen-bond acceptors (Lipinski definition) is 3. The molecule has 2 unspecified atom stereocenters. The average Bonchev–Trinajstić information content (AvgIpc) is 3.33. The molecule has 0 saturated carbocycles. The molecule has 3 aromatic rings. The van der Waals surface area contributed by atoms with Crippen LogP contribution in [0.3, 0.4) is 0 Å². The molecule has 1 saturated heterocycles. The van der Waals surface area contributed by atoms with Crippen LogP contribution in [0.4, 0.5) is 10.1 Å². The highest BCUT2D eigenvalue weighted by Crippen LogP contribution is 2.54. The predicted molar refractivity (Wildman–Crippen MR) is 128 cm³/mol. The average molecular weight is 486 g/mol. The minimum atomic E-state index is -0.995. The van der Waals surface area contributed by atoms with E-state index < -0.39 is 23.6 Å². The van der Waals surface area contributed by atoms with E-state index in [1.807, 2.05) is 30.3 Å². The highest BCUT2D eigenvalue weighted by atomic mass is 35.5. The topological polar surface area (TPSA) is 49.8 Å². The van der Waals surface area contributed by atoms with Crippen LogP contribution in [0.2, 0.25) is 10.0 Å². The Morgan fingerprint density at radius 1 is 1.09 bits per heavy atom. The van der Waals surface area contributed by atoms with Crippen LogP contribution in [0.1, 0.15) is 47.8 Å². The summed E-state index contributed by atoms with van der Waals surface area (Å²) in [7, 11) is 0. The van der Waals surface area contributed by atoms with Crippen LogP contribution < -0.4 is 9.64 Å². The second kappa shape index (κ2) is 8.88. The van der Waals surface area contributed by atoms with Crippen molar-refractivity contribution in [3.8, 4) is 11.5 Å². The minimum absolute atomic E-state index is 0.0611. The summed E-state index contributed by atoms with van der Waals surface area (Å²) in [5.41, 5.74) is 3.10. The molecule has 2 aliphatic rings. The molecule has 5 rings (SSSR count). The first-order valence-electron chi connectivity index (χ1n) is 10.9. The number of ether oxygens (including phenoxy) is 1. The Hall–Kier alpha value is -2.76. The summed E-state index contributed by atoms with van der Waals surface area (Å²) in [5, 5.41) is 10.2. The van der Waals surface area contributed by atoms with Gasteiger partial charge in [-0.3, -0.25) is 4.79 Å². The Kier molecular flexibility index (Phi) is 5.94. The zero-order valence-corrected chi connectivity index (χ0v) is 19.2. The lowest BCUT2D eigenvalue weighted by Crippen LogP contribution is -2.22. The standard InChI is InChI=1S/C26H22Cl2FNO3/c27-20-7-3-6-18-24(19(14-23(31)32)16-5-4-8-21(29)25(16)28)17-10-9-15(30-11-1-2-12-30)13-22(17)33-26(18)20/h3-10,13,19,24H,1-2,11-12,14H2,(H,31,32). The summed E-state index contributed by atoms with van der Waals surface area (Å²) >= 11 is 12.9. The molecule has 4 nitrogen and oxygen atoms in total. The van der Waals surface area contributed by atoms with Gasteiger partial charge in [0.1, 0.15) is 17.3 Å². The molecule has 0 spiro atoms. The van der Waals surface area contributed by atoms with Crippen molar-refractivity contribution in [1.29, 1.82) is 0 Å². The zero-order valence-electron chi connectivity index (χ0n) is 17.7. The van der Waals surface area contributed by atoms with Crippen molar-refractivity contribution in [3.63, 3.8) is 0 Å². The third-order valence-corrected chi connectivity index (χ3v) is 7.22. The second-order valence-corrected chi connectivity index (χ2v) is 9.29. The maximum atomic E-state index is 14.4. The van der Waals surface area contributed by atoms with Gasteiger partial charge in [-0.15, -0.1) is 0 Å². The van der Waals surface area contributed by atoms with Gasteiger partial charge in [-0.1, -0.05) is 53.5 Å². The van der Waals surface area contributed by atoms with Crippen LogP contribution in [-0.2, 0) is 4.79 Å². The van der Waals surface area contributed by atoms with Gasteiger partial charge in [0.05, 0.1) is 16.5 Å². The molecule has 0 aliphatic carbocycles. The van der Waals surface area contributed by atoms with Gasteiger partial charge < -0.3 is 14.7 Å². The fourth-order valence-corrected chi connectivity index (χ4v) is 5.52. The number of benzene rings is 3. The molecule has 1 N–H and O–H groups in total. The molecule has 0 amide bonds. The Morgan fingerprint density at radius 3 is 2.61 bits per heavy atom. The van der Waals surface area contributed by atoms with Crippen molar-refractivity contribution in [2.24, 2.45) is 0 Å². The molecule has 1 fully saturated rings. The quantitative estimate of drug-likeness (QED) is 0.414. The number of fused-ring (bicyclic) bond motifs is 2. The molecule has 3 aromatic carbocycles. The number of aliphatic carboxylic acids is 1. The molecule has 0 aromatic heterocycles. The summed E-state index contributed by atoms with van der Waals surface area (Å²) in [6.45, 7) is 1.97. The molecular weight excluding hydrogens is 464 g/mol. The van der Waals surface area contributed by atoms with Crippen LogP contribution >= 0.6 is 23.2 Å². The van der Waals surface area contributed by atoms with E-state index in [9.17, 15) is 14.3 Å². The summed E-state index contributed by atoms with van der Waals surface area (Å²) in [6.07, 6.45) is 2.06. The molecule has 0 bridgehead atoms. The van der Waals surface area contributed by atoms with Gasteiger partial charge in [0.25, 0.3) is 0 Å². The Bertz CT molecular complexity index is 1230. The first-order valence-corrected chi connectivity index (χ1v) is 11.7. The van der Waals surface area contributed by atoms with Gasteiger partial charge in [-0.25, -0.2) is 4.39 Å². The van der Waals surface area contributed by atoms with Crippen molar-refractivity contribution in [1.82, 2.24) is 0 Å². The van der Waals surface area contributed by atoms with E-state index in [0.717, 1.165) is 42.7 Å². The van der Waals surface area contributed by atoms with Gasteiger partial charge in [0, 0.05) is 47.8 Å². The van der Waals surface area contributed by atoms with Gasteiger partial charge in [0.15, 0.2) is 0 Å². The van der Waals surface area contributed by atoms with Gasteiger partial charge in [-0.2, -0.15) is 0 Å². The molecular formula is C26H22Cl2FNO3. The van der Waals surface area contributed by atoms with Gasteiger partial charge in [-0.05, 0) is 36.6 Å². The predicted octanol–water partition coefficient (Wildman–Crippen LogP) is 7.23. The number of anilines is 1. The SMILES string of the molecule is O=C(O)CC(c1cccc(F)c1Cl)C1c2ccc(N3CCCC3)cc2Oc2c(Cl)cccc21. The van der Waals surface area contributed by atoms with E-state index in [2.05, 4.69) is 4.90 Å². The fraction of sp³-hybridized carbons (Fsp3) is 0.269. The molecule has 33 heavy (non-hydrogen) atoms. The van der Waals surface area contributed by atoms with E-state index in [1.54, 1.807) is 18.2 Å². The number of carboxylic acid groups (broad SMARTS) is 1. The number of halogens is 3. The number of nitrogens with zero attached hydrogens (tertiary/aromatic N) is 1. The third-order valence-electron chi connectivity index (χ3n) is 6.53. The number of para-hydroxylation sites is 1. The number of carbonyl (C=O) groups is 1. The molecule has 2 atom stereocenters. The van der Waals surface area contributed by atoms with Crippen LogP contribution in [0, 0.1) is 5.82 Å². The van der Waals surface area contributed by atoms with Gasteiger partial charge >= 0.3 is 5.97 Å². The van der Waals surface area contributed by atoms with Crippen molar-refractivity contribution >= 4 is 34.9 Å². The molecule has 0 radical (unpaired) electrons. The van der Waals surface area contributed by atoms with E-state index >= 15 is 0 Å². The molecule has 2 heterocycles. The number of carboxylic acids is 1. The molecule has 7 heteroatoms. The fourth-order valence-electron chi connectivity index (χ4n) is 5.03. The van der Waals surface area contributed by atoms with E-state index in [4.69, 9.17) is 27.9 Å². The summed E-state index contributed by atoms with van der Waals surface area (Å²) < 4.78 is 20.7. The summed E-state index contributed by atoms with van der Waals surface area (Å²) in [6, 6.07) is 16.0. The smallest absolute Gasteiger partial charge is 0.303 e. The van der Waals surface area contributed by atoms with E-state index in [1.165, 1.54) is 6.07 Å². The first kappa shape index (κ1) is 22.1. The third kappa shape index (κ3) is 4.04. The van der Waals surface area contributed by atoms with Crippen LogP contribution in [0.5, 0.6) is 11.5 Å². The summed E-state index contributed by atoms with van der Waals surface area (Å²) in [5.74, 6) is -1.49. The Morgan fingerprint density at radius 2 is 1.85 bits per heavy atom. The monoisotopic (exact) mass is 485 g/mol. The lowest BCUT2D eigenvalue weighted by Gasteiger charge is -2.35. The number of rotatable bonds is 5. The lowest BCUT2D eigenvalue weighted by atomic mass is 9.74. The van der Waals surface area contributed by atoms with Crippen molar-refractivity contribution in [2.45, 2.75) is 31.1 Å². The van der Waals surface area contributed by atoms with E-state index in [0.29, 0.717) is 22.1 Å². The van der Waals surface area contributed by atoms with Crippen LogP contribution in [0.25, 0.3) is 0 Å². The Labute approximate surface area is 201 Å². The normalized spacial score (nSPS) is 17.8. The zero-order chi connectivity index (χ0) is 23.1. The maximum Gasteiger partial charge on any atom is 0.303 e. The van der Waals surface area contributed by atoms with Crippen molar-refractivity contribution in [3.05, 3.63) is 87.2 Å². The largest absolute Gasteiger partial charge is 0.481 e. The maximum absolute atomic E-state index is 14.4. The van der Waals surface area contributed by atoms with Crippen LogP contribution in [0.15, 0.2) is 54.6 Å². The van der Waals surface area contributed by atoms with Crippen molar-refractivity contribution in [2.75, 3.05) is 18.0 Å².